The molecule has 1 aromatic carbocycles. The second-order valence-corrected chi connectivity index (χ2v) is 8.11. The van der Waals surface area contributed by atoms with Crippen LogP contribution >= 0.6 is 0 Å². The summed E-state index contributed by atoms with van der Waals surface area (Å²) < 4.78 is 39.9. The van der Waals surface area contributed by atoms with Crippen LogP contribution in [0.5, 0.6) is 0 Å². The molecule has 0 radical (unpaired) electrons. The Bertz CT molecular complexity index is 865. The Balaban J connectivity index is 1.70. The minimum absolute atomic E-state index is 0.0626. The topological polar surface area (TPSA) is 42.0 Å². The maximum Gasteiger partial charge on any atom is 0.433 e. The maximum absolute atomic E-state index is 13.3. The van der Waals surface area contributed by atoms with Crippen molar-refractivity contribution in [1.29, 1.82) is 0 Å². The third-order valence-electron chi connectivity index (χ3n) is 5.75. The van der Waals surface area contributed by atoms with Gasteiger partial charge in [-0.15, -0.1) is 0 Å². The molecule has 4 rings (SSSR count). The van der Waals surface area contributed by atoms with Crippen molar-refractivity contribution < 1.29 is 18.0 Å². The van der Waals surface area contributed by atoms with Crippen molar-refractivity contribution in [2.75, 3.05) is 13.1 Å². The lowest BCUT2D eigenvalue weighted by Gasteiger charge is -2.26. The molecule has 1 unspecified atom stereocenters. The summed E-state index contributed by atoms with van der Waals surface area (Å²) in [5.74, 6) is 1.02. The molecular weight excluding hydrogens is 341 g/mol. The Hall–Kier alpha value is -1.95. The van der Waals surface area contributed by atoms with Crippen molar-refractivity contribution in [2.24, 2.45) is 17.8 Å². The molecule has 26 heavy (non-hydrogen) atoms. The summed E-state index contributed by atoms with van der Waals surface area (Å²) in [5, 5.41) is 4.43. The number of carbonyl (C=O) groups excluding carboxylic acids is 1. The van der Waals surface area contributed by atoms with Crippen LogP contribution in [-0.2, 0) is 16.4 Å². The number of carbonyl (C=O) groups is 1. The van der Waals surface area contributed by atoms with E-state index in [9.17, 15) is 18.0 Å². The van der Waals surface area contributed by atoms with Gasteiger partial charge < -0.3 is 5.32 Å². The monoisotopic (exact) mass is 362 g/mol. The molecule has 2 aliphatic rings. The summed E-state index contributed by atoms with van der Waals surface area (Å²) in [6, 6.07) is 8.01. The Morgan fingerprint density at radius 2 is 1.85 bits per heavy atom. The molecule has 0 amide bonds. The van der Waals surface area contributed by atoms with Gasteiger partial charge in [-0.25, -0.2) is 4.98 Å². The van der Waals surface area contributed by atoms with Crippen molar-refractivity contribution in [3.05, 3.63) is 41.7 Å². The first-order valence-electron chi connectivity index (χ1n) is 8.89. The zero-order valence-electron chi connectivity index (χ0n) is 14.7. The third kappa shape index (κ3) is 2.90. The number of ketones is 1. The molecule has 3 atom stereocenters. The summed E-state index contributed by atoms with van der Waals surface area (Å²) in [4.78, 5) is 16.7. The van der Waals surface area contributed by atoms with Gasteiger partial charge in [0.15, 0.2) is 0 Å². The van der Waals surface area contributed by atoms with E-state index in [1.165, 1.54) is 0 Å². The average Bonchev–Trinajstić information content (AvgIpc) is 3.06. The number of Topliss-reactive ketones (excluding diaryl/α,β-unsaturated/α-hetero) is 1. The smallest absolute Gasteiger partial charge is 0.316 e. The van der Waals surface area contributed by atoms with Crippen molar-refractivity contribution in [2.45, 2.75) is 31.9 Å². The van der Waals surface area contributed by atoms with E-state index in [0.29, 0.717) is 28.3 Å². The van der Waals surface area contributed by atoms with Gasteiger partial charge in [-0.1, -0.05) is 38.1 Å². The molecule has 1 aliphatic carbocycles. The summed E-state index contributed by atoms with van der Waals surface area (Å²) in [7, 11) is 0. The molecule has 1 saturated heterocycles. The largest absolute Gasteiger partial charge is 0.433 e. The molecule has 1 N–H and O–H groups in total. The number of alkyl halides is 3. The van der Waals surface area contributed by atoms with Crippen molar-refractivity contribution in [3.8, 4) is 0 Å². The van der Waals surface area contributed by atoms with Crippen LogP contribution in [0, 0.1) is 17.8 Å². The second kappa shape index (κ2) is 5.78. The first-order chi connectivity index (χ1) is 12.2. The average molecular weight is 362 g/mol. The number of hydrogen-bond donors (Lipinski definition) is 1. The normalized spacial score (nSPS) is 25.3. The first-order valence-corrected chi connectivity index (χ1v) is 8.89. The molecule has 138 valence electrons. The Kier molecular flexibility index (Phi) is 3.88. The number of fused-ring (bicyclic) bond motifs is 2. The highest BCUT2D eigenvalue weighted by Gasteiger charge is 2.56. The maximum atomic E-state index is 13.3. The number of piperidine rings is 1. The van der Waals surface area contributed by atoms with Gasteiger partial charge in [0.05, 0.1) is 5.69 Å². The van der Waals surface area contributed by atoms with Gasteiger partial charge in [0.2, 0.25) is 0 Å². The van der Waals surface area contributed by atoms with Gasteiger partial charge in [-0.2, -0.15) is 13.2 Å². The minimum Gasteiger partial charge on any atom is -0.316 e. The van der Waals surface area contributed by atoms with Crippen molar-refractivity contribution >= 4 is 16.6 Å². The Morgan fingerprint density at radius 1 is 1.19 bits per heavy atom. The lowest BCUT2D eigenvalue weighted by atomic mass is 9.80. The zero-order chi connectivity index (χ0) is 18.7. The molecule has 2 fully saturated rings. The number of aromatic nitrogens is 1. The van der Waals surface area contributed by atoms with Gasteiger partial charge in [0, 0.05) is 23.1 Å². The molecule has 1 aromatic heterocycles. The number of pyridine rings is 1. The van der Waals surface area contributed by atoms with Crippen LogP contribution in [0.1, 0.15) is 31.7 Å². The van der Waals surface area contributed by atoms with E-state index >= 15 is 0 Å². The van der Waals surface area contributed by atoms with E-state index in [1.54, 1.807) is 24.3 Å². The molecule has 0 spiro atoms. The molecule has 1 aliphatic heterocycles. The summed E-state index contributed by atoms with van der Waals surface area (Å²) in [6.07, 6.45) is -4.30. The highest BCUT2D eigenvalue weighted by atomic mass is 19.4. The van der Waals surface area contributed by atoms with E-state index in [4.69, 9.17) is 0 Å². The fourth-order valence-electron chi connectivity index (χ4n) is 4.39. The second-order valence-electron chi connectivity index (χ2n) is 8.11. The van der Waals surface area contributed by atoms with E-state index < -0.39 is 17.3 Å². The predicted octanol–water partition coefficient (Wildman–Crippen LogP) is 3.96. The number of halogens is 3. The van der Waals surface area contributed by atoms with Crippen LogP contribution in [0.4, 0.5) is 13.2 Å². The van der Waals surface area contributed by atoms with E-state index in [0.717, 1.165) is 19.2 Å². The number of nitrogens with one attached hydrogen (secondary N) is 1. The molecule has 6 heteroatoms. The first kappa shape index (κ1) is 17.5. The van der Waals surface area contributed by atoms with E-state index in [-0.39, 0.29) is 18.1 Å². The molecule has 0 bridgehead atoms. The number of benzene rings is 1. The fourth-order valence-corrected chi connectivity index (χ4v) is 4.39. The van der Waals surface area contributed by atoms with Crippen LogP contribution in [0.15, 0.2) is 30.3 Å². The van der Waals surface area contributed by atoms with Crippen LogP contribution < -0.4 is 5.32 Å². The van der Waals surface area contributed by atoms with Gasteiger partial charge in [-0.05, 0) is 36.4 Å². The molecule has 3 nitrogen and oxygen atoms in total. The van der Waals surface area contributed by atoms with Gasteiger partial charge in [-0.3, -0.25) is 4.79 Å². The predicted molar refractivity (Wildman–Crippen MR) is 92.7 cm³/mol. The third-order valence-corrected chi connectivity index (χ3v) is 5.75. The Labute approximate surface area is 150 Å². The summed E-state index contributed by atoms with van der Waals surface area (Å²) in [6.45, 7) is 5.37. The Morgan fingerprint density at radius 3 is 2.50 bits per heavy atom. The van der Waals surface area contributed by atoms with E-state index in [1.807, 2.05) is 13.8 Å². The lowest BCUT2D eigenvalue weighted by Crippen LogP contribution is -2.28. The number of nitrogens with zero attached hydrogens (tertiary/aromatic N) is 1. The van der Waals surface area contributed by atoms with Gasteiger partial charge in [0.25, 0.3) is 0 Å². The quantitative estimate of drug-likeness (QED) is 0.895. The van der Waals surface area contributed by atoms with Crippen LogP contribution in [0.2, 0.25) is 0 Å². The van der Waals surface area contributed by atoms with Crippen LogP contribution in [-0.4, -0.2) is 23.9 Å². The van der Waals surface area contributed by atoms with Crippen molar-refractivity contribution in [3.63, 3.8) is 0 Å². The minimum atomic E-state index is -4.52. The fraction of sp³-hybridized carbons (Fsp3) is 0.500. The highest BCUT2D eigenvalue weighted by Crippen LogP contribution is 2.51. The molecule has 2 aromatic rings. The van der Waals surface area contributed by atoms with Gasteiger partial charge in [0.1, 0.15) is 11.5 Å². The molecule has 1 saturated carbocycles. The van der Waals surface area contributed by atoms with Gasteiger partial charge >= 0.3 is 6.18 Å². The number of rotatable bonds is 4. The lowest BCUT2D eigenvalue weighted by molar-refractivity contribution is -0.141. The molecular formula is C20H21F3N2O. The van der Waals surface area contributed by atoms with E-state index in [2.05, 4.69) is 10.3 Å². The number of hydrogen-bond acceptors (Lipinski definition) is 3. The standard InChI is InChI=1S/C20H21F3N2O/c1-19(2,8-15(26)17-13-9-24-10-14(13)17)18-12-6-4-3-5-11(12)7-16(25-18)20(21,22)23/h3-7,13-14,17,24H,8-10H2,1-2H3/t13-,14+,17?. The highest BCUT2D eigenvalue weighted by molar-refractivity contribution is 5.89. The van der Waals surface area contributed by atoms with Crippen LogP contribution in [0.25, 0.3) is 10.8 Å². The summed E-state index contributed by atoms with van der Waals surface area (Å²) >= 11 is 0. The van der Waals surface area contributed by atoms with Crippen LogP contribution in [0.3, 0.4) is 0 Å². The SMILES string of the molecule is CC(C)(CC(=O)C1[C@H]2CNC[C@@H]12)c1nc(C(F)(F)F)cc2ccccc12. The summed E-state index contributed by atoms with van der Waals surface area (Å²) in [5.41, 5.74) is -1.32. The zero-order valence-corrected chi connectivity index (χ0v) is 14.7. The molecule has 2 heterocycles. The van der Waals surface area contributed by atoms with Crippen molar-refractivity contribution in [1.82, 2.24) is 10.3 Å².